The molecule has 0 nitrogen and oxygen atoms in total. The Morgan fingerprint density at radius 2 is 1.61 bits per heavy atom. The SMILES string of the molecule is Fc1cccc(CBr)c1-c1c(Cl)cc(Cl)cc1Cl. The molecule has 0 aromatic heterocycles. The second-order valence-corrected chi connectivity index (χ2v) is 5.46. The van der Waals surface area contributed by atoms with Gasteiger partial charge in [0.25, 0.3) is 0 Å². The molecule has 0 bridgehead atoms. The lowest BCUT2D eigenvalue weighted by molar-refractivity contribution is 0.630. The van der Waals surface area contributed by atoms with Gasteiger partial charge in [0.2, 0.25) is 0 Å². The molecule has 0 spiro atoms. The molecule has 0 saturated heterocycles. The van der Waals surface area contributed by atoms with Crippen molar-refractivity contribution in [3.63, 3.8) is 0 Å². The van der Waals surface area contributed by atoms with Crippen LogP contribution in [0.5, 0.6) is 0 Å². The van der Waals surface area contributed by atoms with Crippen LogP contribution in [0.25, 0.3) is 11.1 Å². The van der Waals surface area contributed by atoms with Crippen LogP contribution in [0.4, 0.5) is 4.39 Å². The molecule has 0 aliphatic heterocycles. The summed E-state index contributed by atoms with van der Waals surface area (Å²) in [6.07, 6.45) is 0. The maximum Gasteiger partial charge on any atom is 0.131 e. The Hall–Kier alpha value is -0.280. The van der Waals surface area contributed by atoms with Gasteiger partial charge in [-0.15, -0.1) is 0 Å². The van der Waals surface area contributed by atoms with Gasteiger partial charge in [-0.25, -0.2) is 4.39 Å². The summed E-state index contributed by atoms with van der Waals surface area (Å²) in [6.45, 7) is 0. The minimum absolute atomic E-state index is 0.333. The normalized spacial score (nSPS) is 10.7. The first-order valence-electron chi connectivity index (χ1n) is 5.03. The van der Waals surface area contributed by atoms with Crippen LogP contribution in [0.3, 0.4) is 0 Å². The summed E-state index contributed by atoms with van der Waals surface area (Å²) in [5.41, 5.74) is 1.65. The maximum atomic E-state index is 14.0. The molecule has 0 heterocycles. The summed E-state index contributed by atoms with van der Waals surface area (Å²) in [7, 11) is 0. The average Bonchev–Trinajstić information content (AvgIpc) is 2.29. The van der Waals surface area contributed by atoms with E-state index in [0.29, 0.717) is 31.5 Å². The predicted molar refractivity (Wildman–Crippen MR) is 79.5 cm³/mol. The van der Waals surface area contributed by atoms with E-state index in [1.54, 1.807) is 18.2 Å². The fraction of sp³-hybridized carbons (Fsp3) is 0.0769. The highest BCUT2D eigenvalue weighted by Crippen LogP contribution is 2.40. The molecule has 94 valence electrons. The first-order valence-corrected chi connectivity index (χ1v) is 7.28. The van der Waals surface area contributed by atoms with Crippen LogP contribution in [0.1, 0.15) is 5.56 Å². The van der Waals surface area contributed by atoms with E-state index in [1.165, 1.54) is 6.07 Å². The number of alkyl halides is 1. The summed E-state index contributed by atoms with van der Waals surface area (Å²) in [5.74, 6) is -0.363. The van der Waals surface area contributed by atoms with Gasteiger partial charge in [-0.3, -0.25) is 0 Å². The highest BCUT2D eigenvalue weighted by molar-refractivity contribution is 9.08. The molecule has 0 aliphatic carbocycles. The minimum atomic E-state index is -0.363. The fourth-order valence-corrected chi connectivity index (χ4v) is 3.21. The van der Waals surface area contributed by atoms with Crippen LogP contribution in [-0.4, -0.2) is 0 Å². The van der Waals surface area contributed by atoms with Crippen LogP contribution in [-0.2, 0) is 5.33 Å². The van der Waals surface area contributed by atoms with E-state index >= 15 is 0 Å². The lowest BCUT2D eigenvalue weighted by Gasteiger charge is -2.12. The topological polar surface area (TPSA) is 0 Å². The van der Waals surface area contributed by atoms with Gasteiger partial charge in [0.1, 0.15) is 5.82 Å². The van der Waals surface area contributed by atoms with Gasteiger partial charge in [-0.1, -0.05) is 62.9 Å². The van der Waals surface area contributed by atoms with Gasteiger partial charge < -0.3 is 0 Å². The molecule has 0 unspecified atom stereocenters. The molecule has 0 radical (unpaired) electrons. The summed E-state index contributed by atoms with van der Waals surface area (Å²) < 4.78 is 14.0. The first-order chi connectivity index (χ1) is 8.54. The molecule has 2 aromatic carbocycles. The molecule has 0 N–H and O–H groups in total. The summed E-state index contributed by atoms with van der Waals surface area (Å²) >= 11 is 21.4. The first kappa shape index (κ1) is 14.1. The van der Waals surface area contributed by atoms with E-state index in [-0.39, 0.29) is 5.82 Å². The van der Waals surface area contributed by atoms with Gasteiger partial charge >= 0.3 is 0 Å². The van der Waals surface area contributed by atoms with Crippen molar-refractivity contribution in [3.8, 4) is 11.1 Å². The predicted octanol–water partition coefficient (Wildman–Crippen LogP) is 6.35. The number of rotatable bonds is 2. The minimum Gasteiger partial charge on any atom is -0.206 e. The second kappa shape index (κ2) is 5.79. The highest BCUT2D eigenvalue weighted by atomic mass is 79.9. The van der Waals surface area contributed by atoms with Crippen LogP contribution < -0.4 is 0 Å². The zero-order chi connectivity index (χ0) is 13.3. The molecule has 0 amide bonds. The zero-order valence-corrected chi connectivity index (χ0v) is 12.8. The van der Waals surface area contributed by atoms with Crippen LogP contribution in [0, 0.1) is 5.82 Å². The largest absolute Gasteiger partial charge is 0.206 e. The Bertz CT molecular complexity index is 576. The summed E-state index contributed by atoms with van der Waals surface area (Å²) in [4.78, 5) is 0. The van der Waals surface area contributed by atoms with Gasteiger partial charge in [-0.2, -0.15) is 0 Å². The Morgan fingerprint density at radius 1 is 1.00 bits per heavy atom. The number of hydrogen-bond donors (Lipinski definition) is 0. The van der Waals surface area contributed by atoms with Crippen molar-refractivity contribution in [1.82, 2.24) is 0 Å². The van der Waals surface area contributed by atoms with Gasteiger partial charge in [0.15, 0.2) is 0 Å². The summed E-state index contributed by atoms with van der Waals surface area (Å²) in [6, 6.07) is 7.94. The quantitative estimate of drug-likeness (QED) is 0.542. The van der Waals surface area contributed by atoms with Crippen molar-refractivity contribution in [3.05, 3.63) is 56.8 Å². The van der Waals surface area contributed by atoms with Crippen molar-refractivity contribution in [2.24, 2.45) is 0 Å². The molecular weight excluding hydrogens is 361 g/mol. The van der Waals surface area contributed by atoms with Crippen molar-refractivity contribution >= 4 is 50.7 Å². The third-order valence-corrected chi connectivity index (χ3v) is 3.92. The Balaban J connectivity index is 2.77. The zero-order valence-electron chi connectivity index (χ0n) is 8.98. The molecule has 5 heteroatoms. The summed E-state index contributed by atoms with van der Waals surface area (Å²) in [5, 5.41) is 1.60. The van der Waals surface area contributed by atoms with Crippen molar-refractivity contribution in [1.29, 1.82) is 0 Å². The lowest BCUT2D eigenvalue weighted by atomic mass is 10.00. The van der Waals surface area contributed by atoms with Crippen molar-refractivity contribution in [2.45, 2.75) is 5.33 Å². The average molecular weight is 368 g/mol. The fourth-order valence-electron chi connectivity index (χ4n) is 1.74. The standard InChI is InChI=1S/C13H7BrCl3F/c14-6-7-2-1-3-11(18)12(7)13-9(16)4-8(15)5-10(13)17/h1-5H,6H2. The van der Waals surface area contributed by atoms with E-state index < -0.39 is 0 Å². The molecular formula is C13H7BrCl3F. The monoisotopic (exact) mass is 366 g/mol. The lowest BCUT2D eigenvalue weighted by Crippen LogP contribution is -1.93. The molecule has 0 atom stereocenters. The third-order valence-electron chi connectivity index (χ3n) is 2.50. The van der Waals surface area contributed by atoms with Crippen molar-refractivity contribution in [2.75, 3.05) is 0 Å². The highest BCUT2D eigenvalue weighted by Gasteiger charge is 2.17. The van der Waals surface area contributed by atoms with E-state index in [0.717, 1.165) is 5.56 Å². The molecule has 2 rings (SSSR count). The van der Waals surface area contributed by atoms with E-state index in [4.69, 9.17) is 34.8 Å². The Morgan fingerprint density at radius 3 is 2.17 bits per heavy atom. The van der Waals surface area contributed by atoms with Gasteiger partial charge in [0.05, 0.1) is 10.0 Å². The Kier molecular flexibility index (Phi) is 4.54. The maximum absolute atomic E-state index is 14.0. The number of halogens is 5. The second-order valence-electron chi connectivity index (χ2n) is 3.65. The third kappa shape index (κ3) is 2.67. The molecule has 0 fully saturated rings. The van der Waals surface area contributed by atoms with Gasteiger partial charge in [0, 0.05) is 21.5 Å². The number of hydrogen-bond acceptors (Lipinski definition) is 0. The molecule has 0 saturated carbocycles. The van der Waals surface area contributed by atoms with Crippen LogP contribution in [0.15, 0.2) is 30.3 Å². The Labute approximate surface area is 128 Å². The van der Waals surface area contributed by atoms with Crippen LogP contribution in [0.2, 0.25) is 15.1 Å². The molecule has 18 heavy (non-hydrogen) atoms. The van der Waals surface area contributed by atoms with Crippen LogP contribution >= 0.6 is 50.7 Å². The smallest absolute Gasteiger partial charge is 0.131 e. The molecule has 2 aromatic rings. The van der Waals surface area contributed by atoms with Gasteiger partial charge in [-0.05, 0) is 23.8 Å². The van der Waals surface area contributed by atoms with E-state index in [1.807, 2.05) is 6.07 Å². The van der Waals surface area contributed by atoms with Crippen molar-refractivity contribution < 1.29 is 4.39 Å². The van der Waals surface area contributed by atoms with E-state index in [2.05, 4.69) is 15.9 Å². The number of benzene rings is 2. The van der Waals surface area contributed by atoms with E-state index in [9.17, 15) is 4.39 Å². The molecule has 0 aliphatic rings.